The number of aryl methyl sites for hydroxylation is 1. The van der Waals surface area contributed by atoms with Gasteiger partial charge in [-0.25, -0.2) is 4.68 Å². The molecule has 1 aromatic heterocycles. The van der Waals surface area contributed by atoms with E-state index in [-0.39, 0.29) is 6.10 Å². The lowest BCUT2D eigenvalue weighted by atomic mass is 10.00. The summed E-state index contributed by atoms with van der Waals surface area (Å²) in [6.45, 7) is 2.78. The fourth-order valence-electron chi connectivity index (χ4n) is 1.78. The minimum atomic E-state index is -0.389. The van der Waals surface area contributed by atoms with Crippen molar-refractivity contribution in [3.8, 4) is 0 Å². The maximum absolute atomic E-state index is 10.1. The largest absolute Gasteiger partial charge is 0.386 e. The highest BCUT2D eigenvalue weighted by molar-refractivity contribution is 7.99. The van der Waals surface area contributed by atoms with Gasteiger partial charge in [0.15, 0.2) is 0 Å². The number of aliphatic hydroxyl groups excluding tert-OH is 1. The first-order valence-electron chi connectivity index (χ1n) is 4.97. The van der Waals surface area contributed by atoms with Gasteiger partial charge in [-0.1, -0.05) is 5.21 Å². The van der Waals surface area contributed by atoms with Gasteiger partial charge in [0.25, 0.3) is 0 Å². The summed E-state index contributed by atoms with van der Waals surface area (Å²) in [6, 6.07) is 0. The summed E-state index contributed by atoms with van der Waals surface area (Å²) in [5.41, 5.74) is 0.861. The molecule has 1 fully saturated rings. The van der Waals surface area contributed by atoms with Crippen LogP contribution in [0.2, 0.25) is 0 Å². The summed E-state index contributed by atoms with van der Waals surface area (Å²) in [6.07, 6.45) is 2.39. The predicted octanol–water partition coefficient (Wildman–Crippen LogP) is 1.08. The van der Waals surface area contributed by atoms with Gasteiger partial charge in [-0.05, 0) is 24.9 Å². The van der Waals surface area contributed by atoms with Gasteiger partial charge in [0.05, 0.1) is 11.9 Å². The van der Waals surface area contributed by atoms with Gasteiger partial charge in [0, 0.05) is 12.5 Å². The Morgan fingerprint density at radius 2 is 2.64 bits per heavy atom. The molecule has 0 amide bonds. The van der Waals surface area contributed by atoms with Crippen molar-refractivity contribution < 1.29 is 5.11 Å². The molecule has 5 heteroatoms. The van der Waals surface area contributed by atoms with Crippen LogP contribution in [-0.2, 0) is 6.54 Å². The highest BCUT2D eigenvalue weighted by Crippen LogP contribution is 2.33. The number of hydrogen-bond acceptors (Lipinski definition) is 4. The molecule has 1 aromatic rings. The standard InChI is InChI=1S/C9H15N3OS/c1-2-12-8(5-10-11-12)9(13)7-3-4-14-6-7/h5,7,9,13H,2-4,6H2,1H3. The van der Waals surface area contributed by atoms with E-state index in [9.17, 15) is 5.11 Å². The van der Waals surface area contributed by atoms with E-state index in [0.29, 0.717) is 5.92 Å². The lowest BCUT2D eigenvalue weighted by molar-refractivity contribution is 0.112. The van der Waals surface area contributed by atoms with Crippen LogP contribution in [0.15, 0.2) is 6.20 Å². The van der Waals surface area contributed by atoms with E-state index < -0.39 is 0 Å². The highest BCUT2D eigenvalue weighted by atomic mass is 32.2. The monoisotopic (exact) mass is 213 g/mol. The SMILES string of the molecule is CCn1nncc1C(O)C1CCSC1. The molecule has 2 unspecified atom stereocenters. The average molecular weight is 213 g/mol. The van der Waals surface area contributed by atoms with Crippen molar-refractivity contribution in [3.05, 3.63) is 11.9 Å². The predicted molar refractivity (Wildman–Crippen MR) is 56.1 cm³/mol. The Kier molecular flexibility index (Phi) is 3.08. The van der Waals surface area contributed by atoms with Gasteiger partial charge < -0.3 is 5.11 Å². The van der Waals surface area contributed by atoms with Gasteiger partial charge in [0.2, 0.25) is 0 Å². The van der Waals surface area contributed by atoms with Crippen molar-refractivity contribution in [3.63, 3.8) is 0 Å². The van der Waals surface area contributed by atoms with Gasteiger partial charge in [0.1, 0.15) is 6.10 Å². The van der Waals surface area contributed by atoms with Crippen molar-refractivity contribution >= 4 is 11.8 Å². The molecule has 0 bridgehead atoms. The quantitative estimate of drug-likeness (QED) is 0.816. The van der Waals surface area contributed by atoms with E-state index in [1.165, 1.54) is 0 Å². The van der Waals surface area contributed by atoms with Crippen molar-refractivity contribution in [2.75, 3.05) is 11.5 Å². The maximum atomic E-state index is 10.1. The topological polar surface area (TPSA) is 50.9 Å². The van der Waals surface area contributed by atoms with Crippen LogP contribution in [0.1, 0.15) is 25.1 Å². The van der Waals surface area contributed by atoms with Crippen LogP contribution < -0.4 is 0 Å². The van der Waals surface area contributed by atoms with Gasteiger partial charge in [-0.15, -0.1) is 5.10 Å². The summed E-state index contributed by atoms with van der Waals surface area (Å²) in [5.74, 6) is 2.59. The van der Waals surface area contributed by atoms with Crippen LogP contribution in [-0.4, -0.2) is 31.6 Å². The molecule has 0 saturated carbocycles. The number of hydrogen-bond donors (Lipinski definition) is 1. The second kappa shape index (κ2) is 4.31. The Morgan fingerprint density at radius 3 is 3.29 bits per heavy atom. The molecule has 2 rings (SSSR count). The smallest absolute Gasteiger partial charge is 0.101 e. The first-order chi connectivity index (χ1) is 6.83. The molecular weight excluding hydrogens is 198 g/mol. The van der Waals surface area contributed by atoms with Crippen LogP contribution in [0.5, 0.6) is 0 Å². The Balaban J connectivity index is 2.12. The first-order valence-corrected chi connectivity index (χ1v) is 6.12. The molecule has 2 heterocycles. The lowest BCUT2D eigenvalue weighted by Crippen LogP contribution is -2.16. The molecule has 0 spiro atoms. The second-order valence-corrected chi connectivity index (χ2v) is 4.69. The molecule has 14 heavy (non-hydrogen) atoms. The van der Waals surface area contributed by atoms with Crippen LogP contribution in [0.4, 0.5) is 0 Å². The summed E-state index contributed by atoms with van der Waals surface area (Å²) < 4.78 is 1.77. The molecule has 4 nitrogen and oxygen atoms in total. The van der Waals surface area contributed by atoms with E-state index in [4.69, 9.17) is 0 Å². The van der Waals surface area contributed by atoms with Crippen molar-refractivity contribution in [2.24, 2.45) is 5.92 Å². The Hall–Kier alpha value is -0.550. The minimum absolute atomic E-state index is 0.379. The highest BCUT2D eigenvalue weighted by Gasteiger charge is 2.27. The zero-order chi connectivity index (χ0) is 9.97. The molecule has 78 valence electrons. The van der Waals surface area contributed by atoms with Crippen molar-refractivity contribution in [1.29, 1.82) is 0 Å². The molecule has 1 saturated heterocycles. The normalized spacial score (nSPS) is 24.0. The third-order valence-electron chi connectivity index (χ3n) is 2.66. The second-order valence-electron chi connectivity index (χ2n) is 3.54. The summed E-state index contributed by atoms with van der Waals surface area (Å²) in [4.78, 5) is 0. The van der Waals surface area contributed by atoms with Crippen LogP contribution in [0.25, 0.3) is 0 Å². The Labute approximate surface area is 87.7 Å². The lowest BCUT2D eigenvalue weighted by Gasteiger charge is -2.16. The first kappa shape index (κ1) is 9.98. The van der Waals surface area contributed by atoms with E-state index in [1.807, 2.05) is 18.7 Å². The van der Waals surface area contributed by atoms with Crippen LogP contribution >= 0.6 is 11.8 Å². The summed E-state index contributed by atoms with van der Waals surface area (Å²) >= 11 is 1.91. The minimum Gasteiger partial charge on any atom is -0.386 e. The molecule has 0 aliphatic carbocycles. The van der Waals surface area contributed by atoms with Crippen LogP contribution in [0, 0.1) is 5.92 Å². The fourth-order valence-corrected chi connectivity index (χ4v) is 3.07. The number of nitrogens with zero attached hydrogens (tertiary/aromatic N) is 3. The number of aliphatic hydroxyl groups is 1. The van der Waals surface area contributed by atoms with Crippen molar-refractivity contribution in [1.82, 2.24) is 15.0 Å². The zero-order valence-corrected chi connectivity index (χ0v) is 9.07. The van der Waals surface area contributed by atoms with E-state index >= 15 is 0 Å². The third kappa shape index (κ3) is 1.79. The number of thioether (sulfide) groups is 1. The van der Waals surface area contributed by atoms with Crippen LogP contribution in [0.3, 0.4) is 0 Å². The van der Waals surface area contributed by atoms with Crippen molar-refractivity contribution in [2.45, 2.75) is 26.0 Å². The van der Waals surface area contributed by atoms with Gasteiger partial charge in [-0.2, -0.15) is 11.8 Å². The summed E-state index contributed by atoms with van der Waals surface area (Å²) in [5, 5.41) is 17.9. The molecule has 1 aliphatic rings. The van der Waals surface area contributed by atoms with Gasteiger partial charge in [-0.3, -0.25) is 0 Å². The average Bonchev–Trinajstić information content (AvgIpc) is 2.87. The van der Waals surface area contributed by atoms with E-state index in [1.54, 1.807) is 10.9 Å². The number of rotatable bonds is 3. The molecule has 1 N–H and O–H groups in total. The maximum Gasteiger partial charge on any atom is 0.101 e. The Bertz CT molecular complexity index is 296. The van der Waals surface area contributed by atoms with E-state index in [0.717, 1.165) is 30.2 Å². The van der Waals surface area contributed by atoms with E-state index in [2.05, 4.69) is 10.3 Å². The van der Waals surface area contributed by atoms with Gasteiger partial charge >= 0.3 is 0 Å². The Morgan fingerprint density at radius 1 is 1.79 bits per heavy atom. The number of aromatic nitrogens is 3. The zero-order valence-electron chi connectivity index (χ0n) is 8.26. The molecular formula is C9H15N3OS. The molecule has 1 aliphatic heterocycles. The molecule has 0 aromatic carbocycles. The molecule has 0 radical (unpaired) electrons. The third-order valence-corrected chi connectivity index (χ3v) is 3.85. The fraction of sp³-hybridized carbons (Fsp3) is 0.778. The molecule has 2 atom stereocenters. The summed E-state index contributed by atoms with van der Waals surface area (Å²) in [7, 11) is 0.